The van der Waals surface area contributed by atoms with E-state index in [2.05, 4.69) is 31.9 Å². The Kier molecular flexibility index (Phi) is 3.98. The molecule has 1 aliphatic heterocycles. The van der Waals surface area contributed by atoms with Gasteiger partial charge in [0.1, 0.15) is 6.10 Å². The van der Waals surface area contributed by atoms with Crippen LogP contribution in [0.5, 0.6) is 5.88 Å². The molecule has 1 fully saturated rings. The van der Waals surface area contributed by atoms with E-state index in [0.29, 0.717) is 5.88 Å². The third-order valence-corrected chi connectivity index (χ3v) is 4.34. The molecule has 4 heterocycles. The summed E-state index contributed by atoms with van der Waals surface area (Å²) in [6.45, 7) is 3.90. The van der Waals surface area contributed by atoms with Gasteiger partial charge >= 0.3 is 0 Å². The van der Waals surface area contributed by atoms with E-state index in [9.17, 15) is 0 Å². The van der Waals surface area contributed by atoms with E-state index in [1.807, 2.05) is 30.7 Å². The van der Waals surface area contributed by atoms with Crippen LogP contribution in [0.25, 0.3) is 5.65 Å². The Morgan fingerprint density at radius 2 is 1.96 bits per heavy atom. The number of hydrogen-bond acceptors (Lipinski definition) is 6. The molecule has 1 saturated heterocycles. The first kappa shape index (κ1) is 14.9. The molecule has 3 aromatic rings. The van der Waals surface area contributed by atoms with Crippen LogP contribution >= 0.6 is 0 Å². The molecule has 7 nitrogen and oxygen atoms in total. The van der Waals surface area contributed by atoms with Gasteiger partial charge < -0.3 is 9.64 Å². The quantitative estimate of drug-likeness (QED) is 0.732. The van der Waals surface area contributed by atoms with Crippen molar-refractivity contribution in [3.05, 3.63) is 42.5 Å². The molecule has 4 rings (SSSR count). The number of aryl methyl sites for hydroxylation is 1. The number of hydrogen-bond donors (Lipinski definition) is 0. The van der Waals surface area contributed by atoms with Gasteiger partial charge in [-0.15, -0.1) is 0 Å². The summed E-state index contributed by atoms with van der Waals surface area (Å²) in [4.78, 5) is 15.6. The van der Waals surface area contributed by atoms with Crippen molar-refractivity contribution in [2.24, 2.45) is 0 Å². The predicted molar refractivity (Wildman–Crippen MR) is 90.3 cm³/mol. The zero-order valence-electron chi connectivity index (χ0n) is 13.7. The van der Waals surface area contributed by atoms with Crippen molar-refractivity contribution in [1.29, 1.82) is 0 Å². The molecule has 0 spiro atoms. The predicted octanol–water partition coefficient (Wildman–Crippen LogP) is 2.13. The largest absolute Gasteiger partial charge is 0.474 e. The van der Waals surface area contributed by atoms with Gasteiger partial charge in [-0.3, -0.25) is 0 Å². The monoisotopic (exact) mass is 324 g/mol. The van der Waals surface area contributed by atoms with Gasteiger partial charge in [0.15, 0.2) is 5.65 Å². The Morgan fingerprint density at radius 3 is 2.71 bits per heavy atom. The van der Waals surface area contributed by atoms with Gasteiger partial charge in [0.25, 0.3) is 0 Å². The number of fused-ring (bicyclic) bond motifs is 1. The third-order valence-electron chi connectivity index (χ3n) is 4.34. The van der Waals surface area contributed by atoms with Crippen LogP contribution in [0.4, 0.5) is 5.95 Å². The van der Waals surface area contributed by atoms with Gasteiger partial charge in [-0.2, -0.15) is 10.1 Å². The number of aromatic nitrogens is 5. The molecule has 124 valence electrons. The molecule has 0 aliphatic carbocycles. The zero-order chi connectivity index (χ0) is 16.4. The maximum atomic E-state index is 6.03. The summed E-state index contributed by atoms with van der Waals surface area (Å²) >= 11 is 0. The van der Waals surface area contributed by atoms with Crippen LogP contribution < -0.4 is 9.64 Å². The fourth-order valence-corrected chi connectivity index (χ4v) is 2.90. The van der Waals surface area contributed by atoms with Gasteiger partial charge in [-0.25, -0.2) is 14.5 Å². The van der Waals surface area contributed by atoms with Gasteiger partial charge in [0, 0.05) is 56.7 Å². The van der Waals surface area contributed by atoms with Crippen molar-refractivity contribution < 1.29 is 4.74 Å². The molecule has 1 aliphatic rings. The van der Waals surface area contributed by atoms with E-state index < -0.39 is 0 Å². The highest BCUT2D eigenvalue weighted by atomic mass is 16.5. The maximum absolute atomic E-state index is 6.03. The molecule has 0 unspecified atom stereocenters. The minimum absolute atomic E-state index is 0.175. The summed E-state index contributed by atoms with van der Waals surface area (Å²) < 4.78 is 7.76. The number of nitrogens with zero attached hydrogens (tertiary/aromatic N) is 6. The van der Waals surface area contributed by atoms with Crippen LogP contribution in [0, 0.1) is 0 Å². The summed E-state index contributed by atoms with van der Waals surface area (Å²) in [5.41, 5.74) is 1.97. The molecule has 0 amide bonds. The first-order valence-electron chi connectivity index (χ1n) is 8.35. The molecular weight excluding hydrogens is 304 g/mol. The Bertz CT molecular complexity index is 807. The van der Waals surface area contributed by atoms with Crippen molar-refractivity contribution in [3.63, 3.8) is 0 Å². The molecule has 0 atom stereocenters. The number of anilines is 1. The smallest absolute Gasteiger partial charge is 0.225 e. The fraction of sp³-hybridized carbons (Fsp3) is 0.412. The molecule has 0 aromatic carbocycles. The Balaban J connectivity index is 1.36. The lowest BCUT2D eigenvalue weighted by Gasteiger charge is -2.31. The Hall–Kier alpha value is -2.70. The van der Waals surface area contributed by atoms with E-state index in [1.54, 1.807) is 10.7 Å². The zero-order valence-corrected chi connectivity index (χ0v) is 13.7. The second-order valence-corrected chi connectivity index (χ2v) is 5.95. The highest BCUT2D eigenvalue weighted by Gasteiger charge is 2.22. The summed E-state index contributed by atoms with van der Waals surface area (Å²) in [5, 5.41) is 4.14. The minimum Gasteiger partial charge on any atom is -0.474 e. The molecule has 0 saturated carbocycles. The lowest BCUT2D eigenvalue weighted by Crippen LogP contribution is -2.39. The Morgan fingerprint density at radius 1 is 1.17 bits per heavy atom. The van der Waals surface area contributed by atoms with Crippen LogP contribution in [0.3, 0.4) is 0 Å². The summed E-state index contributed by atoms with van der Waals surface area (Å²) in [6.07, 6.45) is 10.4. The summed E-state index contributed by atoms with van der Waals surface area (Å²) in [6, 6.07) is 3.73. The second-order valence-electron chi connectivity index (χ2n) is 5.95. The number of piperidine rings is 1. The SMILES string of the molecule is CCc1cnc(N2CCC(Oc3ccn4nccc4n3)CC2)nc1. The number of rotatable bonds is 4. The van der Waals surface area contributed by atoms with Crippen molar-refractivity contribution in [3.8, 4) is 5.88 Å². The average Bonchev–Trinajstić information content (AvgIpc) is 3.10. The fourth-order valence-electron chi connectivity index (χ4n) is 2.90. The standard InChI is InChI=1S/C17H20N6O/c1-2-13-11-18-17(19-12-13)22-8-4-14(5-9-22)24-16-6-10-23-15(21-16)3-7-20-23/h3,6-7,10-12,14H,2,4-5,8-9H2,1H3. The summed E-state index contributed by atoms with van der Waals surface area (Å²) in [7, 11) is 0. The van der Waals surface area contributed by atoms with Crippen LogP contribution in [0.2, 0.25) is 0 Å². The van der Waals surface area contributed by atoms with Gasteiger partial charge in [-0.1, -0.05) is 6.92 Å². The molecule has 0 radical (unpaired) electrons. The molecule has 24 heavy (non-hydrogen) atoms. The molecule has 0 N–H and O–H groups in total. The first-order chi connectivity index (χ1) is 11.8. The second kappa shape index (κ2) is 6.43. The lowest BCUT2D eigenvalue weighted by atomic mass is 10.1. The normalized spacial score (nSPS) is 15.8. The maximum Gasteiger partial charge on any atom is 0.225 e. The summed E-state index contributed by atoms with van der Waals surface area (Å²) in [5.74, 6) is 1.47. The topological polar surface area (TPSA) is 68.4 Å². The molecule has 0 bridgehead atoms. The van der Waals surface area contributed by atoms with E-state index in [4.69, 9.17) is 4.74 Å². The van der Waals surface area contributed by atoms with Crippen molar-refractivity contribution in [2.45, 2.75) is 32.3 Å². The third kappa shape index (κ3) is 3.02. The average molecular weight is 324 g/mol. The van der Waals surface area contributed by atoms with Gasteiger partial charge in [0.2, 0.25) is 11.8 Å². The van der Waals surface area contributed by atoms with Crippen LogP contribution in [-0.2, 0) is 6.42 Å². The number of ether oxygens (including phenoxy) is 1. The van der Waals surface area contributed by atoms with Crippen LogP contribution in [0.1, 0.15) is 25.3 Å². The van der Waals surface area contributed by atoms with E-state index in [1.165, 1.54) is 5.56 Å². The van der Waals surface area contributed by atoms with E-state index >= 15 is 0 Å². The van der Waals surface area contributed by atoms with E-state index in [0.717, 1.165) is 43.9 Å². The first-order valence-corrected chi connectivity index (χ1v) is 8.35. The highest BCUT2D eigenvalue weighted by molar-refractivity contribution is 5.38. The molecular formula is C17H20N6O. The Labute approximate surface area is 140 Å². The lowest BCUT2D eigenvalue weighted by molar-refractivity contribution is 0.163. The van der Waals surface area contributed by atoms with Gasteiger partial charge in [-0.05, 0) is 12.0 Å². The minimum atomic E-state index is 0.175. The highest BCUT2D eigenvalue weighted by Crippen LogP contribution is 2.20. The van der Waals surface area contributed by atoms with Crippen molar-refractivity contribution in [2.75, 3.05) is 18.0 Å². The van der Waals surface area contributed by atoms with Gasteiger partial charge in [0.05, 0.1) is 6.20 Å². The van der Waals surface area contributed by atoms with Crippen molar-refractivity contribution in [1.82, 2.24) is 24.6 Å². The molecule has 3 aromatic heterocycles. The van der Waals surface area contributed by atoms with E-state index in [-0.39, 0.29) is 6.10 Å². The van der Waals surface area contributed by atoms with Crippen LogP contribution in [0.15, 0.2) is 36.9 Å². The van der Waals surface area contributed by atoms with Crippen molar-refractivity contribution >= 4 is 11.6 Å². The molecule has 7 heteroatoms. The van der Waals surface area contributed by atoms with Crippen LogP contribution in [-0.4, -0.2) is 43.8 Å².